The topological polar surface area (TPSA) is 128 Å². The number of benzene rings is 1. The first-order valence-corrected chi connectivity index (χ1v) is 3.98. The molecule has 0 atom stereocenters. The largest absolute Gasteiger partial charge is 0.370 e. The van der Waals surface area contributed by atoms with Crippen molar-refractivity contribution in [3.8, 4) is 0 Å². The average molecular weight is 233 g/mol. The van der Waals surface area contributed by atoms with E-state index in [9.17, 15) is 0 Å². The number of nitrogens with zero attached hydrogens (tertiary/aromatic N) is 2. The molecule has 5 N–H and O–H groups in total. The number of aliphatic imine (C=N–C) groups is 1. The minimum Gasteiger partial charge on any atom is -0.370 e. The molecule has 0 aliphatic carbocycles. The van der Waals surface area contributed by atoms with Crippen LogP contribution in [-0.2, 0) is 0 Å². The van der Waals surface area contributed by atoms with Gasteiger partial charge in [0.2, 0.25) is 0 Å². The first-order valence-electron chi connectivity index (χ1n) is 3.60. The molecule has 0 aromatic heterocycles. The Morgan fingerprint density at radius 2 is 1.80 bits per heavy atom. The van der Waals surface area contributed by atoms with E-state index in [1.54, 1.807) is 24.3 Å². The Balaban J connectivity index is 0.000000423. The van der Waals surface area contributed by atoms with Crippen molar-refractivity contribution in [2.24, 2.45) is 16.5 Å². The van der Waals surface area contributed by atoms with Gasteiger partial charge in [0, 0.05) is 5.02 Å². The quantitative estimate of drug-likeness (QED) is 0.287. The number of rotatable bonds is 1. The lowest BCUT2D eigenvalue weighted by molar-refractivity contribution is -0.742. The van der Waals surface area contributed by atoms with Crippen molar-refractivity contribution >= 4 is 23.2 Å². The third kappa shape index (κ3) is 8.31. The summed E-state index contributed by atoms with van der Waals surface area (Å²) < 4.78 is 0. The third-order valence-electron chi connectivity index (χ3n) is 1.08. The van der Waals surface area contributed by atoms with Crippen molar-refractivity contribution in [1.82, 2.24) is 0 Å². The molecule has 0 bridgehead atoms. The number of halogens is 1. The van der Waals surface area contributed by atoms with Crippen molar-refractivity contribution in [3.63, 3.8) is 0 Å². The van der Waals surface area contributed by atoms with Crippen LogP contribution in [0, 0.1) is 10.1 Å². The van der Waals surface area contributed by atoms with Crippen molar-refractivity contribution < 1.29 is 10.3 Å². The van der Waals surface area contributed by atoms with Crippen LogP contribution >= 0.6 is 11.6 Å². The standard InChI is InChI=1S/C7H8ClN3.HNO3/c8-5-1-3-6(4-2-5)11-7(9)10;2-1(3)4/h1-4H,(H4,9,10,11);(H,2,3,4). The summed E-state index contributed by atoms with van der Waals surface area (Å²) >= 11 is 5.64. The van der Waals surface area contributed by atoms with Crippen LogP contribution in [0.2, 0.25) is 5.02 Å². The van der Waals surface area contributed by atoms with Gasteiger partial charge in [-0.15, -0.1) is 10.1 Å². The van der Waals surface area contributed by atoms with Gasteiger partial charge in [-0.3, -0.25) is 0 Å². The second kappa shape index (κ2) is 6.44. The lowest BCUT2D eigenvalue weighted by Gasteiger charge is -1.93. The van der Waals surface area contributed by atoms with E-state index < -0.39 is 5.09 Å². The molecular weight excluding hydrogens is 224 g/mol. The molecule has 0 spiro atoms. The molecule has 1 aromatic carbocycles. The van der Waals surface area contributed by atoms with E-state index in [1.807, 2.05) is 0 Å². The van der Waals surface area contributed by atoms with Gasteiger partial charge in [0.1, 0.15) is 0 Å². The van der Waals surface area contributed by atoms with Crippen LogP contribution in [0.4, 0.5) is 5.69 Å². The summed E-state index contributed by atoms with van der Waals surface area (Å²) in [6.07, 6.45) is 0. The Morgan fingerprint density at radius 3 is 2.13 bits per heavy atom. The Bertz CT molecular complexity index is 344. The molecule has 0 amide bonds. The minimum absolute atomic E-state index is 0.0484. The summed E-state index contributed by atoms with van der Waals surface area (Å²) in [4.78, 5) is 12.2. The van der Waals surface area contributed by atoms with Gasteiger partial charge in [-0.2, -0.15) is 0 Å². The van der Waals surface area contributed by atoms with Gasteiger partial charge in [-0.1, -0.05) is 11.6 Å². The summed E-state index contributed by atoms with van der Waals surface area (Å²) in [6.45, 7) is 0. The van der Waals surface area contributed by atoms with E-state index in [0.29, 0.717) is 10.7 Å². The highest BCUT2D eigenvalue weighted by Crippen LogP contribution is 2.15. The third-order valence-corrected chi connectivity index (χ3v) is 1.34. The molecule has 8 heteroatoms. The molecule has 7 nitrogen and oxygen atoms in total. The van der Waals surface area contributed by atoms with Crippen LogP contribution in [-0.4, -0.2) is 16.3 Å². The van der Waals surface area contributed by atoms with E-state index >= 15 is 0 Å². The van der Waals surface area contributed by atoms with Gasteiger partial charge >= 0.3 is 0 Å². The van der Waals surface area contributed by atoms with Gasteiger partial charge in [0.25, 0.3) is 5.09 Å². The van der Waals surface area contributed by atoms with Gasteiger partial charge in [0.05, 0.1) is 5.69 Å². The molecular formula is C7H9ClN4O3. The van der Waals surface area contributed by atoms with E-state index in [1.165, 1.54) is 0 Å². The Labute approximate surface area is 90.1 Å². The number of hydrogen-bond acceptors (Lipinski definition) is 3. The van der Waals surface area contributed by atoms with E-state index in [-0.39, 0.29) is 5.96 Å². The van der Waals surface area contributed by atoms with Crippen LogP contribution in [0.25, 0.3) is 0 Å². The molecule has 0 saturated carbocycles. The smallest absolute Gasteiger partial charge is 0.291 e. The van der Waals surface area contributed by atoms with Crippen LogP contribution in [0.3, 0.4) is 0 Å². The van der Waals surface area contributed by atoms with Gasteiger partial charge in [-0.05, 0) is 24.3 Å². The average Bonchev–Trinajstić information content (AvgIpc) is 2.07. The zero-order chi connectivity index (χ0) is 11.8. The van der Waals surface area contributed by atoms with Crippen LogP contribution in [0.1, 0.15) is 0 Å². The normalized spacial score (nSPS) is 8.33. The summed E-state index contributed by atoms with van der Waals surface area (Å²) in [7, 11) is 0. The van der Waals surface area contributed by atoms with Crippen molar-refractivity contribution in [2.45, 2.75) is 0 Å². The highest BCUT2D eigenvalue weighted by atomic mass is 35.5. The molecule has 0 unspecified atom stereocenters. The van der Waals surface area contributed by atoms with Gasteiger partial charge < -0.3 is 16.7 Å². The molecule has 0 heterocycles. The molecule has 0 saturated heterocycles. The maximum atomic E-state index is 8.36. The molecule has 0 fully saturated rings. The number of nitrogens with two attached hydrogens (primary N) is 2. The second-order valence-electron chi connectivity index (χ2n) is 2.25. The first kappa shape index (κ1) is 13.0. The van der Waals surface area contributed by atoms with Crippen molar-refractivity contribution in [1.29, 1.82) is 0 Å². The van der Waals surface area contributed by atoms with Crippen LogP contribution < -0.4 is 11.5 Å². The lowest BCUT2D eigenvalue weighted by Crippen LogP contribution is -2.21. The monoisotopic (exact) mass is 232 g/mol. The summed E-state index contributed by atoms with van der Waals surface area (Å²) in [6, 6.07) is 6.93. The fourth-order valence-electron chi connectivity index (χ4n) is 0.665. The van der Waals surface area contributed by atoms with Crippen LogP contribution in [0.5, 0.6) is 0 Å². The molecule has 0 aliphatic heterocycles. The summed E-state index contributed by atoms with van der Waals surface area (Å²) in [5, 5.41) is 14.3. The maximum absolute atomic E-state index is 8.36. The van der Waals surface area contributed by atoms with Gasteiger partial charge in [0.15, 0.2) is 5.96 Å². The maximum Gasteiger partial charge on any atom is 0.291 e. The molecule has 1 aromatic rings. The molecule has 0 aliphatic rings. The highest BCUT2D eigenvalue weighted by Gasteiger charge is 1.88. The Morgan fingerprint density at radius 1 is 1.40 bits per heavy atom. The Hall–Kier alpha value is -2.02. The van der Waals surface area contributed by atoms with E-state index in [2.05, 4.69) is 4.99 Å². The van der Waals surface area contributed by atoms with Crippen LogP contribution in [0.15, 0.2) is 29.3 Å². The predicted octanol–water partition coefficient (Wildman–Crippen LogP) is 0.897. The predicted molar refractivity (Wildman–Crippen MR) is 55.7 cm³/mol. The summed E-state index contributed by atoms with van der Waals surface area (Å²) in [5.74, 6) is 0.0484. The summed E-state index contributed by atoms with van der Waals surface area (Å²) in [5.41, 5.74) is 11.0. The molecule has 15 heavy (non-hydrogen) atoms. The number of guanidine groups is 1. The van der Waals surface area contributed by atoms with Gasteiger partial charge in [-0.25, -0.2) is 4.99 Å². The fourth-order valence-corrected chi connectivity index (χ4v) is 0.791. The Kier molecular flexibility index (Phi) is 5.57. The fraction of sp³-hybridized carbons (Fsp3) is 0. The zero-order valence-corrected chi connectivity index (χ0v) is 8.26. The zero-order valence-electron chi connectivity index (χ0n) is 7.50. The number of hydrogen-bond donors (Lipinski definition) is 3. The van der Waals surface area contributed by atoms with E-state index in [4.69, 9.17) is 38.4 Å². The SMILES string of the molecule is NC(N)=Nc1ccc(Cl)cc1.O=[N+]([O-])O. The minimum atomic E-state index is -1.50. The second-order valence-corrected chi connectivity index (χ2v) is 2.69. The molecule has 1 rings (SSSR count). The molecule has 0 radical (unpaired) electrons. The lowest BCUT2D eigenvalue weighted by atomic mass is 10.3. The van der Waals surface area contributed by atoms with Crippen molar-refractivity contribution in [2.75, 3.05) is 0 Å². The van der Waals surface area contributed by atoms with Crippen molar-refractivity contribution in [3.05, 3.63) is 39.4 Å². The molecule has 82 valence electrons. The highest BCUT2D eigenvalue weighted by molar-refractivity contribution is 6.30. The van der Waals surface area contributed by atoms with E-state index in [0.717, 1.165) is 0 Å². The first-order chi connectivity index (χ1) is 6.91.